The predicted octanol–water partition coefficient (Wildman–Crippen LogP) is 4.02. The van der Waals surface area contributed by atoms with Crippen LogP contribution < -0.4 is 0 Å². The standard InChI is InChI=1S/C13H11Cl2NO2/c14-8-3-4-9(11(15)5-8)12-10(6-17)13(18-16-12)7-1-2-7/h3-5,7,17H,1-2,6H2. The molecule has 1 aromatic heterocycles. The molecule has 3 rings (SSSR count). The normalized spacial score (nSPS) is 15.1. The summed E-state index contributed by atoms with van der Waals surface area (Å²) < 4.78 is 5.35. The number of aliphatic hydroxyl groups excluding tert-OH is 1. The Kier molecular flexibility index (Phi) is 3.06. The molecule has 2 aromatic rings. The van der Waals surface area contributed by atoms with E-state index in [1.54, 1.807) is 18.2 Å². The van der Waals surface area contributed by atoms with Crippen LogP contribution in [-0.2, 0) is 6.61 Å². The van der Waals surface area contributed by atoms with Crippen molar-refractivity contribution in [3.05, 3.63) is 39.6 Å². The third-order valence-electron chi connectivity index (χ3n) is 3.11. The van der Waals surface area contributed by atoms with Crippen LogP contribution in [0.25, 0.3) is 11.3 Å². The first-order valence-corrected chi connectivity index (χ1v) is 6.51. The summed E-state index contributed by atoms with van der Waals surface area (Å²) in [4.78, 5) is 0. The summed E-state index contributed by atoms with van der Waals surface area (Å²) in [5, 5.41) is 14.6. The second kappa shape index (κ2) is 4.57. The quantitative estimate of drug-likeness (QED) is 0.926. The predicted molar refractivity (Wildman–Crippen MR) is 69.9 cm³/mol. The van der Waals surface area contributed by atoms with Gasteiger partial charge in [0.2, 0.25) is 0 Å². The molecule has 0 saturated heterocycles. The van der Waals surface area contributed by atoms with Crippen LogP contribution in [0.5, 0.6) is 0 Å². The van der Waals surface area contributed by atoms with Gasteiger partial charge in [0.15, 0.2) is 0 Å². The minimum atomic E-state index is -0.0936. The Balaban J connectivity index is 2.10. The lowest BCUT2D eigenvalue weighted by Gasteiger charge is -2.03. The maximum atomic E-state index is 9.50. The summed E-state index contributed by atoms with van der Waals surface area (Å²) in [5.74, 6) is 1.19. The number of rotatable bonds is 3. The number of benzene rings is 1. The van der Waals surface area contributed by atoms with Crippen molar-refractivity contribution in [3.8, 4) is 11.3 Å². The van der Waals surface area contributed by atoms with Gasteiger partial charge in [0.1, 0.15) is 11.5 Å². The van der Waals surface area contributed by atoms with Gasteiger partial charge in [0.25, 0.3) is 0 Å². The van der Waals surface area contributed by atoms with Gasteiger partial charge in [0.05, 0.1) is 11.6 Å². The maximum absolute atomic E-state index is 9.50. The number of hydrogen-bond donors (Lipinski definition) is 1. The molecule has 1 N–H and O–H groups in total. The van der Waals surface area contributed by atoms with Gasteiger partial charge in [-0.3, -0.25) is 0 Å². The van der Waals surface area contributed by atoms with Crippen molar-refractivity contribution in [2.75, 3.05) is 0 Å². The van der Waals surface area contributed by atoms with Crippen molar-refractivity contribution in [3.63, 3.8) is 0 Å². The maximum Gasteiger partial charge on any atom is 0.145 e. The molecule has 1 aromatic carbocycles. The van der Waals surface area contributed by atoms with Gasteiger partial charge in [-0.05, 0) is 31.0 Å². The Morgan fingerprint density at radius 3 is 2.72 bits per heavy atom. The second-order valence-electron chi connectivity index (χ2n) is 4.43. The first kappa shape index (κ1) is 12.0. The van der Waals surface area contributed by atoms with E-state index in [-0.39, 0.29) is 6.61 Å². The van der Waals surface area contributed by atoms with Crippen molar-refractivity contribution in [2.24, 2.45) is 0 Å². The summed E-state index contributed by atoms with van der Waals surface area (Å²) in [6.07, 6.45) is 2.19. The third kappa shape index (κ3) is 2.03. The van der Waals surface area contributed by atoms with Crippen LogP contribution in [0.3, 0.4) is 0 Å². The number of nitrogens with zero attached hydrogens (tertiary/aromatic N) is 1. The molecule has 0 atom stereocenters. The van der Waals surface area contributed by atoms with Gasteiger partial charge >= 0.3 is 0 Å². The van der Waals surface area contributed by atoms with Crippen LogP contribution in [-0.4, -0.2) is 10.3 Å². The fraction of sp³-hybridized carbons (Fsp3) is 0.308. The average Bonchev–Trinajstić information content (AvgIpc) is 3.10. The van der Waals surface area contributed by atoms with E-state index in [9.17, 15) is 5.11 Å². The lowest BCUT2D eigenvalue weighted by atomic mass is 10.0. The molecule has 3 nitrogen and oxygen atoms in total. The van der Waals surface area contributed by atoms with Crippen molar-refractivity contribution in [1.29, 1.82) is 0 Å². The monoisotopic (exact) mass is 283 g/mol. The molecule has 0 spiro atoms. The lowest BCUT2D eigenvalue weighted by molar-refractivity contribution is 0.277. The summed E-state index contributed by atoms with van der Waals surface area (Å²) in [6, 6.07) is 5.19. The Bertz CT molecular complexity index is 591. The van der Waals surface area contributed by atoms with E-state index in [2.05, 4.69) is 5.16 Å². The zero-order valence-electron chi connectivity index (χ0n) is 9.49. The average molecular weight is 284 g/mol. The molecule has 0 radical (unpaired) electrons. The molecule has 0 bridgehead atoms. The molecule has 1 heterocycles. The van der Waals surface area contributed by atoms with E-state index in [1.807, 2.05) is 0 Å². The molecule has 0 unspecified atom stereocenters. The fourth-order valence-electron chi connectivity index (χ4n) is 2.03. The van der Waals surface area contributed by atoms with Gasteiger partial charge < -0.3 is 9.63 Å². The van der Waals surface area contributed by atoms with E-state index in [4.69, 9.17) is 27.7 Å². The van der Waals surface area contributed by atoms with Crippen molar-refractivity contribution in [2.45, 2.75) is 25.4 Å². The molecule has 5 heteroatoms. The van der Waals surface area contributed by atoms with Gasteiger partial charge in [-0.1, -0.05) is 28.4 Å². The number of hydrogen-bond acceptors (Lipinski definition) is 3. The lowest BCUT2D eigenvalue weighted by Crippen LogP contribution is -1.91. The van der Waals surface area contributed by atoms with Crippen LogP contribution in [0, 0.1) is 0 Å². The fourth-order valence-corrected chi connectivity index (χ4v) is 2.53. The summed E-state index contributed by atoms with van der Waals surface area (Å²) in [6.45, 7) is -0.0936. The molecule has 1 fully saturated rings. The van der Waals surface area contributed by atoms with E-state index in [1.165, 1.54) is 0 Å². The SMILES string of the molecule is OCc1c(-c2ccc(Cl)cc2Cl)noc1C1CC1. The zero-order valence-corrected chi connectivity index (χ0v) is 11.0. The van der Waals surface area contributed by atoms with E-state index >= 15 is 0 Å². The third-order valence-corrected chi connectivity index (χ3v) is 3.66. The molecule has 0 amide bonds. The number of halogens is 2. The Hall–Kier alpha value is -1.03. The first-order chi connectivity index (χ1) is 8.70. The van der Waals surface area contributed by atoms with Crippen LogP contribution in [0.2, 0.25) is 10.0 Å². The Morgan fingerprint density at radius 1 is 1.33 bits per heavy atom. The first-order valence-electron chi connectivity index (χ1n) is 5.75. The second-order valence-corrected chi connectivity index (χ2v) is 5.27. The molecule has 0 aliphatic heterocycles. The highest BCUT2D eigenvalue weighted by Gasteiger charge is 2.32. The molecule has 1 aliphatic rings. The summed E-state index contributed by atoms with van der Waals surface area (Å²) >= 11 is 12.0. The van der Waals surface area contributed by atoms with Crippen LogP contribution in [0.4, 0.5) is 0 Å². The smallest absolute Gasteiger partial charge is 0.145 e. The van der Waals surface area contributed by atoms with Crippen LogP contribution >= 0.6 is 23.2 Å². The molecule has 1 saturated carbocycles. The highest BCUT2D eigenvalue weighted by molar-refractivity contribution is 6.36. The summed E-state index contributed by atoms with van der Waals surface area (Å²) in [7, 11) is 0. The van der Waals surface area contributed by atoms with E-state index in [0.717, 1.165) is 29.7 Å². The highest BCUT2D eigenvalue weighted by Crippen LogP contribution is 2.44. The summed E-state index contributed by atoms with van der Waals surface area (Å²) in [5.41, 5.74) is 2.09. The van der Waals surface area contributed by atoms with Gasteiger partial charge in [0, 0.05) is 22.1 Å². The highest BCUT2D eigenvalue weighted by atomic mass is 35.5. The van der Waals surface area contributed by atoms with E-state index < -0.39 is 0 Å². The molecule has 94 valence electrons. The number of aromatic nitrogens is 1. The number of aliphatic hydroxyl groups is 1. The van der Waals surface area contributed by atoms with Crippen molar-refractivity contribution < 1.29 is 9.63 Å². The zero-order chi connectivity index (χ0) is 12.7. The molecular weight excluding hydrogens is 273 g/mol. The minimum absolute atomic E-state index is 0.0936. The molecule has 18 heavy (non-hydrogen) atoms. The van der Waals surface area contributed by atoms with Crippen molar-refractivity contribution in [1.82, 2.24) is 5.16 Å². The van der Waals surface area contributed by atoms with Crippen molar-refractivity contribution >= 4 is 23.2 Å². The van der Waals surface area contributed by atoms with Crippen LogP contribution in [0.1, 0.15) is 30.1 Å². The Morgan fingerprint density at radius 2 is 2.11 bits per heavy atom. The Labute approximate surface area is 114 Å². The van der Waals surface area contributed by atoms with E-state index in [0.29, 0.717) is 21.7 Å². The van der Waals surface area contributed by atoms with Gasteiger partial charge in [-0.25, -0.2) is 0 Å². The largest absolute Gasteiger partial charge is 0.391 e. The minimum Gasteiger partial charge on any atom is -0.391 e. The van der Waals surface area contributed by atoms with Crippen LogP contribution in [0.15, 0.2) is 22.7 Å². The molecular formula is C13H11Cl2NO2. The van der Waals surface area contributed by atoms with Gasteiger partial charge in [-0.15, -0.1) is 0 Å². The molecule has 1 aliphatic carbocycles. The topological polar surface area (TPSA) is 46.3 Å². The van der Waals surface area contributed by atoms with Gasteiger partial charge in [-0.2, -0.15) is 0 Å².